The minimum absolute atomic E-state index is 0.0386. The van der Waals surface area contributed by atoms with Gasteiger partial charge in [0.25, 0.3) is 5.91 Å². The van der Waals surface area contributed by atoms with E-state index in [4.69, 9.17) is 0 Å². The van der Waals surface area contributed by atoms with Crippen molar-refractivity contribution in [3.8, 4) is 0 Å². The molecule has 1 heterocycles. The van der Waals surface area contributed by atoms with Crippen molar-refractivity contribution in [1.29, 1.82) is 0 Å². The van der Waals surface area contributed by atoms with Crippen molar-refractivity contribution in [3.63, 3.8) is 0 Å². The number of pyridine rings is 1. The second kappa shape index (κ2) is 7.83. The van der Waals surface area contributed by atoms with Gasteiger partial charge in [0.1, 0.15) is 0 Å². The molecule has 132 valence electrons. The first kappa shape index (κ1) is 17.7. The Labute approximate surface area is 154 Å². The van der Waals surface area contributed by atoms with Gasteiger partial charge in [-0.2, -0.15) is 0 Å². The average Bonchev–Trinajstić information content (AvgIpc) is 2.64. The molecule has 26 heavy (non-hydrogen) atoms. The fraction of sp³-hybridized carbons (Fsp3) is 0.182. The Morgan fingerprint density at radius 2 is 1.58 bits per heavy atom. The van der Waals surface area contributed by atoms with E-state index in [0.717, 1.165) is 22.8 Å². The molecular formula is C22H23N3O. The number of nitrogens with zero attached hydrogens (tertiary/aromatic N) is 2. The Morgan fingerprint density at radius 3 is 2.15 bits per heavy atom. The van der Waals surface area contributed by atoms with Crippen LogP contribution in [-0.2, 0) is 0 Å². The van der Waals surface area contributed by atoms with Gasteiger partial charge in [-0.1, -0.05) is 18.2 Å². The van der Waals surface area contributed by atoms with Crippen LogP contribution in [0.4, 0.5) is 17.1 Å². The number of hydrogen-bond donors (Lipinski definition) is 1. The Morgan fingerprint density at radius 1 is 0.923 bits per heavy atom. The number of anilines is 3. The van der Waals surface area contributed by atoms with Crippen LogP contribution in [-0.4, -0.2) is 16.9 Å². The third kappa shape index (κ3) is 4.09. The van der Waals surface area contributed by atoms with E-state index in [0.29, 0.717) is 5.56 Å². The summed E-state index contributed by atoms with van der Waals surface area (Å²) in [6.07, 6.45) is 1.64. The molecule has 3 rings (SSSR count). The molecule has 0 aliphatic heterocycles. The highest BCUT2D eigenvalue weighted by molar-refractivity contribution is 6.06. The molecule has 0 spiro atoms. The maximum Gasteiger partial charge on any atom is 0.260 e. The number of hydrogen-bond acceptors (Lipinski definition) is 3. The summed E-state index contributed by atoms with van der Waals surface area (Å²) in [5.41, 5.74) is 4.37. The van der Waals surface area contributed by atoms with Crippen molar-refractivity contribution in [2.24, 2.45) is 0 Å². The summed E-state index contributed by atoms with van der Waals surface area (Å²) in [5.74, 6) is -0.0451. The molecule has 0 radical (unpaired) electrons. The van der Waals surface area contributed by atoms with Crippen molar-refractivity contribution in [2.75, 3.05) is 10.2 Å². The minimum Gasteiger partial charge on any atom is -0.356 e. The minimum atomic E-state index is -0.0451. The van der Waals surface area contributed by atoms with E-state index in [1.165, 1.54) is 0 Å². The molecule has 4 nitrogen and oxygen atoms in total. The molecule has 1 N–H and O–H groups in total. The maximum atomic E-state index is 12.9. The monoisotopic (exact) mass is 345 g/mol. The first-order valence-corrected chi connectivity index (χ1v) is 8.73. The van der Waals surface area contributed by atoms with Gasteiger partial charge in [-0.15, -0.1) is 0 Å². The predicted molar refractivity (Wildman–Crippen MR) is 107 cm³/mol. The van der Waals surface area contributed by atoms with Crippen LogP contribution in [0.5, 0.6) is 0 Å². The zero-order chi connectivity index (χ0) is 18.5. The van der Waals surface area contributed by atoms with Crippen LogP contribution in [0.3, 0.4) is 0 Å². The first-order valence-electron chi connectivity index (χ1n) is 8.73. The molecule has 0 bridgehead atoms. The van der Waals surface area contributed by atoms with E-state index in [9.17, 15) is 4.79 Å². The number of carbonyl (C=O) groups excluding carboxylic acids is 1. The fourth-order valence-electron chi connectivity index (χ4n) is 2.78. The van der Waals surface area contributed by atoms with E-state index in [2.05, 4.69) is 10.3 Å². The van der Waals surface area contributed by atoms with E-state index < -0.39 is 0 Å². The molecule has 0 fully saturated rings. The molecule has 1 amide bonds. The highest BCUT2D eigenvalue weighted by Crippen LogP contribution is 2.24. The number of nitrogens with one attached hydrogen (secondary N) is 1. The van der Waals surface area contributed by atoms with E-state index in [1.54, 1.807) is 11.1 Å². The number of aromatic nitrogens is 1. The van der Waals surface area contributed by atoms with Gasteiger partial charge in [0.2, 0.25) is 0 Å². The van der Waals surface area contributed by atoms with Crippen LogP contribution in [0.2, 0.25) is 0 Å². The lowest BCUT2D eigenvalue weighted by Gasteiger charge is -2.27. The van der Waals surface area contributed by atoms with E-state index in [1.807, 2.05) is 87.5 Å². The van der Waals surface area contributed by atoms with Crippen molar-refractivity contribution >= 4 is 23.0 Å². The lowest BCUT2D eigenvalue weighted by molar-refractivity contribution is 0.0980. The molecule has 2 aromatic carbocycles. The Bertz CT molecular complexity index is 856. The highest BCUT2D eigenvalue weighted by Gasteiger charge is 2.20. The SMILES string of the molecule is Cc1ccc(C(=O)N(c2ccc(Nc3ccccc3)cc2)C(C)C)cn1. The lowest BCUT2D eigenvalue weighted by Crippen LogP contribution is -2.37. The fourth-order valence-corrected chi connectivity index (χ4v) is 2.78. The highest BCUT2D eigenvalue weighted by atomic mass is 16.2. The quantitative estimate of drug-likeness (QED) is 0.692. The lowest BCUT2D eigenvalue weighted by atomic mass is 10.1. The Hall–Kier alpha value is -3.14. The molecule has 1 aromatic heterocycles. The summed E-state index contributed by atoms with van der Waals surface area (Å²) in [6.45, 7) is 5.93. The Balaban J connectivity index is 1.82. The third-order valence-electron chi connectivity index (χ3n) is 4.10. The summed E-state index contributed by atoms with van der Waals surface area (Å²) in [5, 5.41) is 3.35. The number of carbonyl (C=O) groups is 1. The summed E-state index contributed by atoms with van der Waals surface area (Å²) in [6, 6.07) is 21.6. The number of amides is 1. The van der Waals surface area contributed by atoms with Gasteiger partial charge in [0.15, 0.2) is 0 Å². The van der Waals surface area contributed by atoms with Gasteiger partial charge in [0.05, 0.1) is 5.56 Å². The standard InChI is InChI=1S/C22H23N3O/c1-16(2)25(22(26)18-10-9-17(3)23-15-18)21-13-11-20(12-14-21)24-19-7-5-4-6-8-19/h4-16,24H,1-3H3. The second-order valence-corrected chi connectivity index (χ2v) is 6.50. The third-order valence-corrected chi connectivity index (χ3v) is 4.10. The summed E-state index contributed by atoms with van der Waals surface area (Å²) in [7, 11) is 0. The number of aryl methyl sites for hydroxylation is 1. The van der Waals surface area contributed by atoms with Crippen molar-refractivity contribution in [1.82, 2.24) is 4.98 Å². The smallest absolute Gasteiger partial charge is 0.260 e. The Kier molecular flexibility index (Phi) is 5.32. The van der Waals surface area contributed by atoms with Crippen LogP contribution in [0.15, 0.2) is 72.9 Å². The summed E-state index contributed by atoms with van der Waals surface area (Å²) in [4.78, 5) is 19.0. The van der Waals surface area contributed by atoms with Gasteiger partial charge in [0, 0.05) is 35.0 Å². The summed E-state index contributed by atoms with van der Waals surface area (Å²) < 4.78 is 0. The van der Waals surface area contributed by atoms with Gasteiger partial charge in [-0.3, -0.25) is 9.78 Å². The first-order chi connectivity index (χ1) is 12.5. The number of para-hydroxylation sites is 1. The predicted octanol–water partition coefficient (Wildman–Crippen LogP) is 5.19. The van der Waals surface area contributed by atoms with Crippen LogP contribution in [0.25, 0.3) is 0 Å². The molecule has 0 saturated carbocycles. The van der Waals surface area contributed by atoms with Crippen LogP contribution < -0.4 is 10.2 Å². The van der Waals surface area contributed by atoms with Gasteiger partial charge in [-0.05, 0) is 69.3 Å². The molecule has 0 saturated heterocycles. The normalized spacial score (nSPS) is 10.6. The maximum absolute atomic E-state index is 12.9. The van der Waals surface area contributed by atoms with Gasteiger partial charge in [-0.25, -0.2) is 0 Å². The van der Waals surface area contributed by atoms with Crippen molar-refractivity contribution < 1.29 is 4.79 Å². The van der Waals surface area contributed by atoms with Crippen LogP contribution in [0.1, 0.15) is 29.9 Å². The molecule has 4 heteroatoms. The van der Waals surface area contributed by atoms with E-state index >= 15 is 0 Å². The largest absolute Gasteiger partial charge is 0.356 e. The zero-order valence-electron chi connectivity index (χ0n) is 15.3. The van der Waals surface area contributed by atoms with Gasteiger partial charge >= 0.3 is 0 Å². The van der Waals surface area contributed by atoms with E-state index in [-0.39, 0.29) is 11.9 Å². The topological polar surface area (TPSA) is 45.2 Å². The molecule has 0 unspecified atom stereocenters. The molecule has 0 aliphatic carbocycles. The van der Waals surface area contributed by atoms with Crippen molar-refractivity contribution in [3.05, 3.63) is 84.2 Å². The molecule has 3 aromatic rings. The summed E-state index contributed by atoms with van der Waals surface area (Å²) >= 11 is 0. The number of benzene rings is 2. The number of rotatable bonds is 5. The van der Waals surface area contributed by atoms with Gasteiger partial charge < -0.3 is 10.2 Å². The second-order valence-electron chi connectivity index (χ2n) is 6.50. The van der Waals surface area contributed by atoms with Crippen LogP contribution in [0, 0.1) is 6.92 Å². The molecule has 0 atom stereocenters. The molecule has 0 aliphatic rings. The average molecular weight is 345 g/mol. The molecular weight excluding hydrogens is 322 g/mol. The van der Waals surface area contributed by atoms with Crippen molar-refractivity contribution in [2.45, 2.75) is 26.8 Å². The zero-order valence-corrected chi connectivity index (χ0v) is 15.3. The van der Waals surface area contributed by atoms with Crippen LogP contribution >= 0.6 is 0 Å².